The number of aldehydes is 1. The van der Waals surface area contributed by atoms with E-state index in [1.165, 1.54) is 5.56 Å². The Bertz CT molecular complexity index is 750. The molecular formula is C16H13BrN2O. The maximum atomic E-state index is 11.1. The molecule has 0 amide bonds. The summed E-state index contributed by atoms with van der Waals surface area (Å²) >= 11 is 3.52. The van der Waals surface area contributed by atoms with Crippen molar-refractivity contribution in [1.29, 1.82) is 0 Å². The van der Waals surface area contributed by atoms with Gasteiger partial charge in [-0.2, -0.15) is 0 Å². The van der Waals surface area contributed by atoms with Gasteiger partial charge in [0.2, 0.25) is 0 Å². The van der Waals surface area contributed by atoms with Gasteiger partial charge in [-0.05, 0) is 40.0 Å². The predicted molar refractivity (Wildman–Crippen MR) is 82.1 cm³/mol. The number of aryl methyl sites for hydroxylation is 2. The van der Waals surface area contributed by atoms with Crippen LogP contribution < -0.4 is 0 Å². The Morgan fingerprint density at radius 3 is 2.60 bits per heavy atom. The third-order valence-electron chi connectivity index (χ3n) is 3.30. The first kappa shape index (κ1) is 13.1. The number of pyridine rings is 1. The summed E-state index contributed by atoms with van der Waals surface area (Å²) in [5.74, 6) is 0.901. The number of nitrogens with zero attached hydrogens (tertiary/aromatic N) is 2. The molecule has 0 N–H and O–H groups in total. The van der Waals surface area contributed by atoms with Crippen LogP contribution in [-0.2, 0) is 12.8 Å². The molecule has 0 bridgehead atoms. The van der Waals surface area contributed by atoms with Crippen molar-refractivity contribution in [3.8, 4) is 0 Å². The van der Waals surface area contributed by atoms with E-state index in [9.17, 15) is 4.79 Å². The molecule has 0 aliphatic rings. The lowest BCUT2D eigenvalue weighted by Crippen LogP contribution is -1.99. The van der Waals surface area contributed by atoms with Gasteiger partial charge in [0.15, 0.2) is 6.29 Å². The first-order chi connectivity index (χ1) is 9.79. The first-order valence-corrected chi connectivity index (χ1v) is 7.24. The number of fused-ring (bicyclic) bond motifs is 1. The van der Waals surface area contributed by atoms with Gasteiger partial charge in [0.05, 0.1) is 10.1 Å². The molecule has 3 nitrogen and oxygen atoms in total. The number of benzene rings is 1. The van der Waals surface area contributed by atoms with Gasteiger partial charge in [0, 0.05) is 6.42 Å². The van der Waals surface area contributed by atoms with Crippen LogP contribution in [0.25, 0.3) is 5.52 Å². The molecule has 3 aromatic rings. The minimum Gasteiger partial charge on any atom is -0.296 e. The SMILES string of the molecule is O=Cc1nc(CCc2ccccc2)n2c(Br)cccc12. The van der Waals surface area contributed by atoms with Crippen LogP contribution in [0.5, 0.6) is 0 Å². The van der Waals surface area contributed by atoms with Gasteiger partial charge in [-0.15, -0.1) is 0 Å². The van der Waals surface area contributed by atoms with E-state index in [2.05, 4.69) is 33.0 Å². The summed E-state index contributed by atoms with van der Waals surface area (Å²) in [7, 11) is 0. The molecule has 0 spiro atoms. The van der Waals surface area contributed by atoms with E-state index in [0.717, 1.165) is 35.1 Å². The summed E-state index contributed by atoms with van der Waals surface area (Å²) in [6.45, 7) is 0. The fourth-order valence-corrected chi connectivity index (χ4v) is 2.89. The Kier molecular flexibility index (Phi) is 3.65. The van der Waals surface area contributed by atoms with Gasteiger partial charge in [0.25, 0.3) is 0 Å². The highest BCUT2D eigenvalue weighted by Gasteiger charge is 2.12. The Morgan fingerprint density at radius 2 is 1.85 bits per heavy atom. The second-order valence-electron chi connectivity index (χ2n) is 4.59. The molecule has 100 valence electrons. The Balaban J connectivity index is 1.97. The van der Waals surface area contributed by atoms with E-state index in [-0.39, 0.29) is 0 Å². The summed E-state index contributed by atoms with van der Waals surface area (Å²) in [4.78, 5) is 15.6. The third kappa shape index (κ3) is 2.39. The van der Waals surface area contributed by atoms with E-state index in [1.807, 2.05) is 40.8 Å². The second-order valence-corrected chi connectivity index (χ2v) is 5.40. The van der Waals surface area contributed by atoms with Crippen molar-refractivity contribution in [1.82, 2.24) is 9.38 Å². The minimum atomic E-state index is 0.495. The van der Waals surface area contributed by atoms with Crippen molar-refractivity contribution in [2.45, 2.75) is 12.8 Å². The minimum absolute atomic E-state index is 0.495. The molecule has 0 saturated carbocycles. The number of carbonyl (C=O) groups excluding carboxylic acids is 1. The van der Waals surface area contributed by atoms with Crippen LogP contribution in [0.2, 0.25) is 0 Å². The zero-order valence-electron chi connectivity index (χ0n) is 10.8. The van der Waals surface area contributed by atoms with Crippen LogP contribution in [0.3, 0.4) is 0 Å². The third-order valence-corrected chi connectivity index (χ3v) is 3.92. The number of imidazole rings is 1. The number of halogens is 1. The molecule has 4 heteroatoms. The largest absolute Gasteiger partial charge is 0.296 e. The van der Waals surface area contributed by atoms with Crippen LogP contribution in [-0.4, -0.2) is 15.7 Å². The van der Waals surface area contributed by atoms with E-state index < -0.39 is 0 Å². The second kappa shape index (κ2) is 5.59. The van der Waals surface area contributed by atoms with Crippen molar-refractivity contribution in [2.24, 2.45) is 0 Å². The van der Waals surface area contributed by atoms with E-state index >= 15 is 0 Å². The van der Waals surface area contributed by atoms with Gasteiger partial charge < -0.3 is 0 Å². The predicted octanol–water partition coefficient (Wildman–Crippen LogP) is 3.69. The lowest BCUT2D eigenvalue weighted by Gasteiger charge is -2.04. The molecule has 0 saturated heterocycles. The molecule has 0 atom stereocenters. The molecule has 1 aromatic carbocycles. The van der Waals surface area contributed by atoms with Crippen LogP contribution in [0.1, 0.15) is 21.9 Å². The summed E-state index contributed by atoms with van der Waals surface area (Å²) in [5, 5.41) is 0. The van der Waals surface area contributed by atoms with E-state index in [0.29, 0.717) is 5.69 Å². The lowest BCUT2D eigenvalue weighted by atomic mass is 10.1. The molecule has 0 unspecified atom stereocenters. The Morgan fingerprint density at radius 1 is 1.05 bits per heavy atom. The van der Waals surface area contributed by atoms with Crippen LogP contribution in [0.15, 0.2) is 53.1 Å². The van der Waals surface area contributed by atoms with Gasteiger partial charge in [-0.1, -0.05) is 36.4 Å². The zero-order chi connectivity index (χ0) is 13.9. The fraction of sp³-hybridized carbons (Fsp3) is 0.125. The molecular weight excluding hydrogens is 316 g/mol. The van der Waals surface area contributed by atoms with Crippen LogP contribution in [0.4, 0.5) is 0 Å². The average molecular weight is 329 g/mol. The summed E-state index contributed by atoms with van der Waals surface area (Å²) < 4.78 is 2.91. The van der Waals surface area contributed by atoms with E-state index in [4.69, 9.17) is 0 Å². The van der Waals surface area contributed by atoms with Crippen LogP contribution >= 0.6 is 15.9 Å². The number of carbonyl (C=O) groups is 1. The maximum absolute atomic E-state index is 11.1. The molecule has 3 rings (SSSR count). The molecule has 0 radical (unpaired) electrons. The standard InChI is InChI=1S/C16H13BrN2O/c17-15-8-4-7-14-13(11-20)18-16(19(14)15)10-9-12-5-2-1-3-6-12/h1-8,11H,9-10H2. The quantitative estimate of drug-likeness (QED) is 0.540. The number of rotatable bonds is 4. The van der Waals surface area contributed by atoms with Crippen LogP contribution in [0, 0.1) is 0 Å². The highest BCUT2D eigenvalue weighted by Crippen LogP contribution is 2.20. The summed E-state index contributed by atoms with van der Waals surface area (Å²) in [5.41, 5.74) is 2.61. The van der Waals surface area contributed by atoms with Crippen molar-refractivity contribution >= 4 is 27.7 Å². The van der Waals surface area contributed by atoms with Gasteiger partial charge in [-0.25, -0.2) is 4.98 Å². The monoisotopic (exact) mass is 328 g/mol. The Hall–Kier alpha value is -1.94. The molecule has 2 aromatic heterocycles. The molecule has 2 heterocycles. The molecule has 0 fully saturated rings. The number of aromatic nitrogens is 2. The van der Waals surface area contributed by atoms with Gasteiger partial charge in [0.1, 0.15) is 11.5 Å². The summed E-state index contributed by atoms with van der Waals surface area (Å²) in [6.07, 6.45) is 2.51. The van der Waals surface area contributed by atoms with Gasteiger partial charge >= 0.3 is 0 Å². The molecule has 0 aliphatic carbocycles. The normalized spacial score (nSPS) is 10.8. The lowest BCUT2D eigenvalue weighted by molar-refractivity contribution is 0.112. The molecule has 0 aliphatic heterocycles. The van der Waals surface area contributed by atoms with Gasteiger partial charge in [-0.3, -0.25) is 9.20 Å². The highest BCUT2D eigenvalue weighted by molar-refractivity contribution is 9.10. The Labute approximate surface area is 125 Å². The summed E-state index contributed by atoms with van der Waals surface area (Å²) in [6, 6.07) is 16.1. The smallest absolute Gasteiger partial charge is 0.170 e. The van der Waals surface area contributed by atoms with E-state index in [1.54, 1.807) is 0 Å². The van der Waals surface area contributed by atoms with Crippen molar-refractivity contribution in [2.75, 3.05) is 0 Å². The maximum Gasteiger partial charge on any atom is 0.170 e. The van der Waals surface area contributed by atoms with Crippen molar-refractivity contribution in [3.05, 3.63) is 70.2 Å². The topological polar surface area (TPSA) is 34.4 Å². The highest BCUT2D eigenvalue weighted by atomic mass is 79.9. The fourth-order valence-electron chi connectivity index (χ4n) is 2.35. The number of hydrogen-bond acceptors (Lipinski definition) is 2. The zero-order valence-corrected chi connectivity index (χ0v) is 12.4. The van der Waals surface area contributed by atoms with Crippen molar-refractivity contribution < 1.29 is 4.79 Å². The average Bonchev–Trinajstić information content (AvgIpc) is 2.86. The van der Waals surface area contributed by atoms with Crippen molar-refractivity contribution in [3.63, 3.8) is 0 Å². The molecule has 20 heavy (non-hydrogen) atoms. The first-order valence-electron chi connectivity index (χ1n) is 6.44. The number of hydrogen-bond donors (Lipinski definition) is 0.